The van der Waals surface area contributed by atoms with Gasteiger partial charge in [-0.2, -0.15) is 0 Å². The standard InChI is InChI=1S/C18H14O3Si2/c1-13(19)22-11-10-20-23(22)18-9-5-3-7-15(18)17-12-14-6-2-4-8-16(14)21-17/h2-12H,1H3. The zero-order valence-electron chi connectivity index (χ0n) is 12.6. The van der Waals surface area contributed by atoms with Crippen LogP contribution in [0, 0.1) is 0 Å². The van der Waals surface area contributed by atoms with Crippen LogP contribution in [-0.2, 0) is 9.22 Å². The van der Waals surface area contributed by atoms with Crippen molar-refractivity contribution in [2.24, 2.45) is 0 Å². The molecular weight excluding hydrogens is 320 g/mol. The van der Waals surface area contributed by atoms with Gasteiger partial charge in [-0.05, 0) is 24.2 Å². The summed E-state index contributed by atoms with van der Waals surface area (Å²) in [5, 5.41) is 2.44. The SMILES string of the molecule is CC(=O)[Si]1C=CO[Si]1c1ccccc1-c1cc2ccccc2o1. The second-order valence-corrected chi connectivity index (χ2v) is 11.7. The van der Waals surface area contributed by atoms with Crippen molar-refractivity contribution in [3.8, 4) is 11.3 Å². The predicted octanol–water partition coefficient (Wildman–Crippen LogP) is 3.08. The smallest absolute Gasteiger partial charge is 0.308 e. The van der Waals surface area contributed by atoms with Gasteiger partial charge in [-0.25, -0.2) is 0 Å². The highest BCUT2D eigenvalue weighted by Gasteiger charge is 2.38. The van der Waals surface area contributed by atoms with Crippen LogP contribution in [0.5, 0.6) is 0 Å². The number of rotatable bonds is 3. The molecule has 0 amide bonds. The maximum Gasteiger partial charge on any atom is 0.308 e. The van der Waals surface area contributed by atoms with E-state index < -0.39 is 16.9 Å². The van der Waals surface area contributed by atoms with Crippen molar-refractivity contribution in [2.45, 2.75) is 6.92 Å². The van der Waals surface area contributed by atoms with Gasteiger partial charge in [0.15, 0.2) is 0 Å². The molecule has 2 radical (unpaired) electrons. The molecular formula is C18H14O3Si2. The van der Waals surface area contributed by atoms with E-state index in [1.807, 2.05) is 48.2 Å². The molecule has 0 N–H and O–H groups in total. The van der Waals surface area contributed by atoms with Gasteiger partial charge in [0, 0.05) is 10.9 Å². The molecule has 5 heteroatoms. The molecule has 0 fully saturated rings. The molecule has 1 aliphatic rings. The van der Waals surface area contributed by atoms with Crippen LogP contribution in [0.15, 0.2) is 71.0 Å². The maximum absolute atomic E-state index is 11.9. The molecule has 0 saturated heterocycles. The molecule has 0 unspecified atom stereocenters. The van der Waals surface area contributed by atoms with E-state index in [2.05, 4.69) is 12.1 Å². The lowest BCUT2D eigenvalue weighted by Gasteiger charge is -2.15. The Kier molecular flexibility index (Phi) is 3.51. The van der Waals surface area contributed by atoms with Crippen LogP contribution in [0.1, 0.15) is 6.92 Å². The van der Waals surface area contributed by atoms with Crippen LogP contribution in [0.25, 0.3) is 22.3 Å². The van der Waals surface area contributed by atoms with Crippen molar-refractivity contribution >= 4 is 38.4 Å². The first kappa shape index (κ1) is 14.2. The van der Waals surface area contributed by atoms with Gasteiger partial charge in [0.05, 0.1) is 6.26 Å². The number of carbonyl (C=O) groups is 1. The van der Waals surface area contributed by atoms with Gasteiger partial charge < -0.3 is 13.6 Å². The summed E-state index contributed by atoms with van der Waals surface area (Å²) in [7, 11) is -2.62. The fraction of sp³-hybridized carbons (Fsp3) is 0.0556. The monoisotopic (exact) mass is 334 g/mol. The summed E-state index contributed by atoms with van der Waals surface area (Å²) < 4.78 is 11.9. The summed E-state index contributed by atoms with van der Waals surface area (Å²) in [6.45, 7) is 1.67. The van der Waals surface area contributed by atoms with Crippen LogP contribution in [0.4, 0.5) is 0 Å². The lowest BCUT2D eigenvalue weighted by Crippen LogP contribution is -2.48. The number of hydrogen-bond donors (Lipinski definition) is 0. The highest BCUT2D eigenvalue weighted by molar-refractivity contribution is 7.39. The van der Waals surface area contributed by atoms with Crippen molar-refractivity contribution < 1.29 is 13.6 Å². The number of hydrogen-bond acceptors (Lipinski definition) is 3. The van der Waals surface area contributed by atoms with Crippen molar-refractivity contribution in [1.82, 2.24) is 0 Å². The van der Waals surface area contributed by atoms with Gasteiger partial charge in [0.1, 0.15) is 16.7 Å². The Morgan fingerprint density at radius 2 is 1.83 bits per heavy atom. The van der Waals surface area contributed by atoms with Crippen molar-refractivity contribution in [2.75, 3.05) is 0 Å². The lowest BCUT2D eigenvalue weighted by molar-refractivity contribution is -0.110. The van der Waals surface area contributed by atoms with Gasteiger partial charge in [-0.3, -0.25) is 0 Å². The van der Waals surface area contributed by atoms with E-state index in [4.69, 9.17) is 8.84 Å². The Bertz CT molecular complexity index is 880. The molecule has 0 bridgehead atoms. The van der Waals surface area contributed by atoms with E-state index in [1.165, 1.54) is 0 Å². The molecule has 0 spiro atoms. The molecule has 3 nitrogen and oxygen atoms in total. The minimum Gasteiger partial charge on any atom is -0.546 e. The molecule has 4 rings (SSSR count). The van der Waals surface area contributed by atoms with E-state index in [-0.39, 0.29) is 5.41 Å². The first-order valence-corrected chi connectivity index (χ1v) is 11.4. The van der Waals surface area contributed by atoms with Gasteiger partial charge in [0.25, 0.3) is 0 Å². The van der Waals surface area contributed by atoms with Crippen molar-refractivity contribution in [3.63, 3.8) is 0 Å². The zero-order valence-corrected chi connectivity index (χ0v) is 14.6. The van der Waals surface area contributed by atoms with E-state index >= 15 is 0 Å². The second kappa shape index (κ2) is 5.68. The van der Waals surface area contributed by atoms with Crippen molar-refractivity contribution in [3.05, 3.63) is 66.6 Å². The van der Waals surface area contributed by atoms with E-state index in [0.29, 0.717) is 0 Å². The van der Waals surface area contributed by atoms with Gasteiger partial charge in [0.2, 0.25) is 8.31 Å². The van der Waals surface area contributed by atoms with Crippen molar-refractivity contribution in [1.29, 1.82) is 0 Å². The topological polar surface area (TPSA) is 39.4 Å². The van der Waals surface area contributed by atoms with Crippen LogP contribution in [0.2, 0.25) is 0 Å². The summed E-state index contributed by atoms with van der Waals surface area (Å²) in [4.78, 5) is 11.9. The Balaban J connectivity index is 1.82. The largest absolute Gasteiger partial charge is 0.546 e. The summed E-state index contributed by atoms with van der Waals surface area (Å²) >= 11 is 0. The summed E-state index contributed by atoms with van der Waals surface area (Å²) in [6.07, 6.45) is 1.71. The van der Waals surface area contributed by atoms with E-state index in [0.717, 1.165) is 27.5 Å². The lowest BCUT2D eigenvalue weighted by atomic mass is 10.1. The molecule has 0 atom stereocenters. The first-order chi connectivity index (χ1) is 11.2. The normalized spacial score (nSPS) is 15.2. The minimum atomic E-state index is -1.36. The maximum atomic E-state index is 11.9. The average Bonchev–Trinajstić information content (AvgIpc) is 3.21. The van der Waals surface area contributed by atoms with E-state index in [1.54, 1.807) is 13.2 Å². The zero-order chi connectivity index (χ0) is 15.8. The summed E-state index contributed by atoms with van der Waals surface area (Å²) in [5.74, 6) is 0.833. The quantitative estimate of drug-likeness (QED) is 0.691. The fourth-order valence-corrected chi connectivity index (χ4v) is 9.03. The number of fused-ring (bicyclic) bond motifs is 1. The van der Waals surface area contributed by atoms with Crippen LogP contribution in [-0.4, -0.2) is 22.3 Å². The van der Waals surface area contributed by atoms with Crippen LogP contribution >= 0.6 is 0 Å². The highest BCUT2D eigenvalue weighted by Crippen LogP contribution is 2.27. The van der Waals surface area contributed by atoms with Gasteiger partial charge in [-0.15, -0.1) is 0 Å². The number of furan rings is 1. The summed E-state index contributed by atoms with van der Waals surface area (Å²) in [5.41, 5.74) is 3.87. The number of benzene rings is 2. The third-order valence-corrected chi connectivity index (χ3v) is 11.1. The Hall–Kier alpha value is -2.38. The third kappa shape index (κ3) is 2.48. The number of carbonyl (C=O) groups excluding carboxylic acids is 1. The molecule has 0 saturated carbocycles. The Labute approximate surface area is 137 Å². The second-order valence-electron chi connectivity index (χ2n) is 5.41. The fourth-order valence-electron chi connectivity index (χ4n) is 2.81. The molecule has 23 heavy (non-hydrogen) atoms. The van der Waals surface area contributed by atoms with E-state index in [9.17, 15) is 4.79 Å². The highest BCUT2D eigenvalue weighted by atomic mass is 29.2. The molecule has 1 aromatic heterocycles. The van der Waals surface area contributed by atoms with Gasteiger partial charge >= 0.3 is 8.56 Å². The Morgan fingerprint density at radius 3 is 2.65 bits per heavy atom. The first-order valence-electron chi connectivity index (χ1n) is 7.41. The van der Waals surface area contributed by atoms with Crippen LogP contribution < -0.4 is 5.19 Å². The molecule has 2 heterocycles. The number of para-hydroxylation sites is 1. The summed E-state index contributed by atoms with van der Waals surface area (Å²) in [6, 6.07) is 18.1. The van der Waals surface area contributed by atoms with Crippen LogP contribution in [0.3, 0.4) is 0 Å². The molecule has 1 aliphatic heterocycles. The molecule has 2 aromatic carbocycles. The molecule has 3 aromatic rings. The minimum absolute atomic E-state index is 0.247. The molecule has 0 aliphatic carbocycles. The third-order valence-electron chi connectivity index (χ3n) is 3.91. The Morgan fingerprint density at radius 1 is 1.04 bits per heavy atom. The predicted molar refractivity (Wildman–Crippen MR) is 93.7 cm³/mol. The van der Waals surface area contributed by atoms with Gasteiger partial charge in [-0.1, -0.05) is 48.2 Å². The molecule has 112 valence electrons. The average molecular weight is 334 g/mol.